The second-order valence-corrected chi connectivity index (χ2v) is 10.1. The Hall–Kier alpha value is -2.19. The van der Waals surface area contributed by atoms with Crippen molar-refractivity contribution in [3.8, 4) is 0 Å². The number of esters is 1. The highest BCUT2D eigenvalue weighted by Gasteiger charge is 2.74. The van der Waals surface area contributed by atoms with Crippen LogP contribution in [0.3, 0.4) is 0 Å². The lowest BCUT2D eigenvalue weighted by molar-refractivity contribution is -0.157. The molecule has 4 aliphatic rings. The van der Waals surface area contributed by atoms with Crippen LogP contribution in [0.15, 0.2) is 24.3 Å². The molecule has 5 atom stereocenters. The Morgan fingerprint density at radius 3 is 2.50 bits per heavy atom. The van der Waals surface area contributed by atoms with Crippen LogP contribution in [0.25, 0.3) is 0 Å². The maximum Gasteiger partial charge on any atom is 0.313 e. The summed E-state index contributed by atoms with van der Waals surface area (Å²) in [6.07, 6.45) is 13.6. The second kappa shape index (κ2) is 10.2. The van der Waals surface area contributed by atoms with Crippen LogP contribution in [0.4, 0.5) is 0 Å². The van der Waals surface area contributed by atoms with Crippen molar-refractivity contribution in [3.05, 3.63) is 24.3 Å². The predicted octanol–water partition coefficient (Wildman–Crippen LogP) is 2.21. The van der Waals surface area contributed by atoms with Gasteiger partial charge in [-0.3, -0.25) is 14.4 Å². The third-order valence-corrected chi connectivity index (χ3v) is 7.73. The fourth-order valence-electron chi connectivity index (χ4n) is 6.14. The van der Waals surface area contributed by atoms with Gasteiger partial charge in [0.15, 0.2) is 0 Å². The molecule has 1 N–H and O–H groups in total. The van der Waals surface area contributed by atoms with E-state index in [4.69, 9.17) is 14.6 Å². The number of likely N-dealkylation sites (tertiary alicyclic amines) is 1. The van der Waals surface area contributed by atoms with E-state index in [1.165, 1.54) is 0 Å². The van der Waals surface area contributed by atoms with Gasteiger partial charge in [-0.2, -0.15) is 0 Å². The number of hydrogen-bond acceptors (Lipinski definition) is 6. The second-order valence-electron chi connectivity index (χ2n) is 10.1. The number of carbonyl (C=O) groups is 3. The van der Waals surface area contributed by atoms with Gasteiger partial charge in [0.05, 0.1) is 11.5 Å². The summed E-state index contributed by atoms with van der Waals surface area (Å²) < 4.78 is 12.1. The number of rotatable bonds is 10. The molecule has 0 radical (unpaired) electrons. The van der Waals surface area contributed by atoms with Crippen LogP contribution in [-0.4, -0.2) is 82.8 Å². The van der Waals surface area contributed by atoms with Crippen molar-refractivity contribution in [3.63, 3.8) is 0 Å². The van der Waals surface area contributed by atoms with Gasteiger partial charge in [0, 0.05) is 26.2 Å². The Morgan fingerprint density at radius 2 is 1.74 bits per heavy atom. The normalized spacial score (nSPS) is 34.6. The summed E-state index contributed by atoms with van der Waals surface area (Å²) in [5.74, 6) is -2.36. The number of nitrogens with zero attached hydrogens (tertiary/aromatic N) is 2. The first-order valence-corrected chi connectivity index (χ1v) is 12.8. The largest absolute Gasteiger partial charge is 0.461 e. The van der Waals surface area contributed by atoms with Crippen LogP contribution in [0.5, 0.6) is 0 Å². The van der Waals surface area contributed by atoms with E-state index in [-0.39, 0.29) is 25.0 Å². The zero-order valence-corrected chi connectivity index (χ0v) is 20.4. The molecule has 2 saturated heterocycles. The van der Waals surface area contributed by atoms with Gasteiger partial charge in [-0.15, -0.1) is 0 Å². The summed E-state index contributed by atoms with van der Waals surface area (Å²) >= 11 is 0. The van der Waals surface area contributed by atoms with Crippen LogP contribution < -0.4 is 0 Å². The molecule has 0 aliphatic carbocycles. The Kier molecular flexibility index (Phi) is 7.48. The number of unbranched alkanes of at least 4 members (excludes halogenated alkanes) is 5. The average Bonchev–Trinajstić information content (AvgIpc) is 3.06. The minimum absolute atomic E-state index is 0.107. The molecule has 4 rings (SSSR count). The van der Waals surface area contributed by atoms with Crippen molar-refractivity contribution < 1.29 is 29.0 Å². The molecule has 34 heavy (non-hydrogen) atoms. The quantitative estimate of drug-likeness (QED) is 0.296. The van der Waals surface area contributed by atoms with Crippen molar-refractivity contribution in [1.82, 2.24) is 9.80 Å². The first kappa shape index (κ1) is 24.9. The number of aliphatic hydroxyl groups is 1. The van der Waals surface area contributed by atoms with Crippen molar-refractivity contribution in [1.29, 1.82) is 0 Å². The summed E-state index contributed by atoms with van der Waals surface area (Å²) in [6.45, 7) is 5.78. The highest BCUT2D eigenvalue weighted by atomic mass is 16.6. The molecule has 188 valence electrons. The van der Waals surface area contributed by atoms with Crippen molar-refractivity contribution in [2.24, 2.45) is 11.8 Å². The Balaban J connectivity index is 1.69. The first-order chi connectivity index (χ1) is 16.4. The van der Waals surface area contributed by atoms with E-state index in [1.807, 2.05) is 30.1 Å². The van der Waals surface area contributed by atoms with Crippen LogP contribution in [0.2, 0.25) is 0 Å². The topological polar surface area (TPSA) is 96.4 Å². The SMILES string of the molecule is CCCCCN1CC=C[C@]23O[C@@]4(C)C=CCOC(=O)[C@H]4[C@H]2C(=O)N(CCCCCCO)C3C1=O. The molecule has 0 aromatic carbocycles. The summed E-state index contributed by atoms with van der Waals surface area (Å²) in [5.41, 5.74) is -2.21. The van der Waals surface area contributed by atoms with Gasteiger partial charge in [0.2, 0.25) is 11.8 Å². The van der Waals surface area contributed by atoms with Crippen LogP contribution in [-0.2, 0) is 23.9 Å². The number of amides is 2. The Labute approximate surface area is 201 Å². The van der Waals surface area contributed by atoms with E-state index >= 15 is 0 Å². The molecule has 2 fully saturated rings. The van der Waals surface area contributed by atoms with Crippen LogP contribution >= 0.6 is 0 Å². The zero-order chi connectivity index (χ0) is 24.3. The molecule has 4 aliphatic heterocycles. The van der Waals surface area contributed by atoms with Gasteiger partial charge < -0.3 is 24.4 Å². The van der Waals surface area contributed by atoms with E-state index in [1.54, 1.807) is 11.0 Å². The lowest BCUT2D eigenvalue weighted by Gasteiger charge is -2.37. The molecule has 8 heteroatoms. The maximum atomic E-state index is 14.0. The Morgan fingerprint density at radius 1 is 0.971 bits per heavy atom. The summed E-state index contributed by atoms with van der Waals surface area (Å²) in [4.78, 5) is 44.4. The number of carbonyl (C=O) groups excluding carboxylic acids is 3. The van der Waals surface area contributed by atoms with Gasteiger partial charge in [0.1, 0.15) is 24.2 Å². The molecule has 0 saturated carbocycles. The molecule has 0 aromatic heterocycles. The molecular weight excluding hydrogens is 436 g/mol. The number of fused-ring (bicyclic) bond motifs is 2. The number of aliphatic hydroxyl groups excluding tert-OH is 1. The van der Waals surface area contributed by atoms with Gasteiger partial charge in [0.25, 0.3) is 0 Å². The van der Waals surface area contributed by atoms with Gasteiger partial charge >= 0.3 is 5.97 Å². The third kappa shape index (κ3) is 4.19. The fraction of sp³-hybridized carbons (Fsp3) is 0.731. The highest BCUT2D eigenvalue weighted by molar-refractivity contribution is 5.99. The minimum atomic E-state index is -1.20. The molecule has 1 unspecified atom stereocenters. The van der Waals surface area contributed by atoms with Crippen LogP contribution in [0, 0.1) is 11.8 Å². The molecule has 2 amide bonds. The summed E-state index contributed by atoms with van der Waals surface area (Å²) in [7, 11) is 0. The maximum absolute atomic E-state index is 14.0. The van der Waals surface area contributed by atoms with Gasteiger partial charge in [-0.1, -0.05) is 50.8 Å². The third-order valence-electron chi connectivity index (χ3n) is 7.73. The molecular formula is C26H38N2O6. The van der Waals surface area contributed by atoms with Gasteiger partial charge in [-0.25, -0.2) is 0 Å². The summed E-state index contributed by atoms with van der Waals surface area (Å²) in [6, 6.07) is -0.798. The van der Waals surface area contributed by atoms with E-state index < -0.39 is 35.0 Å². The van der Waals surface area contributed by atoms with Crippen molar-refractivity contribution in [2.75, 3.05) is 32.8 Å². The zero-order valence-electron chi connectivity index (χ0n) is 20.4. The minimum Gasteiger partial charge on any atom is -0.461 e. The summed E-state index contributed by atoms with van der Waals surface area (Å²) in [5, 5.41) is 9.06. The predicted molar refractivity (Wildman–Crippen MR) is 126 cm³/mol. The highest BCUT2D eigenvalue weighted by Crippen LogP contribution is 2.57. The fourth-order valence-corrected chi connectivity index (χ4v) is 6.14. The number of hydrogen-bond donors (Lipinski definition) is 1. The molecule has 1 spiro atoms. The standard InChI is InChI=1S/C26H38N2O6/c1-3-4-7-14-27-15-10-13-26-19(20-24(32)33-18-11-12-25(20,2)34-26)22(30)28(21(26)23(27)31)16-8-5-6-9-17-29/h10-13,19-21,29H,3-9,14-18H2,1-2H3/t19-,20+,21?,25-,26-/m0/s1. The molecule has 4 heterocycles. The van der Waals surface area contributed by atoms with E-state index in [0.717, 1.165) is 44.9 Å². The van der Waals surface area contributed by atoms with Crippen molar-refractivity contribution >= 4 is 17.8 Å². The van der Waals surface area contributed by atoms with E-state index in [9.17, 15) is 14.4 Å². The monoisotopic (exact) mass is 474 g/mol. The van der Waals surface area contributed by atoms with E-state index in [0.29, 0.717) is 19.6 Å². The number of cyclic esters (lactones) is 1. The van der Waals surface area contributed by atoms with Crippen LogP contribution in [0.1, 0.15) is 58.8 Å². The molecule has 8 nitrogen and oxygen atoms in total. The Bertz CT molecular complexity index is 856. The average molecular weight is 475 g/mol. The first-order valence-electron chi connectivity index (χ1n) is 12.8. The molecule has 0 bridgehead atoms. The van der Waals surface area contributed by atoms with E-state index in [2.05, 4.69) is 6.92 Å². The lowest BCUT2D eigenvalue weighted by Crippen LogP contribution is -2.56. The lowest BCUT2D eigenvalue weighted by atomic mass is 9.75. The van der Waals surface area contributed by atoms with Gasteiger partial charge in [-0.05, 0) is 32.3 Å². The molecule has 0 aromatic rings. The number of ether oxygens (including phenoxy) is 2. The smallest absolute Gasteiger partial charge is 0.313 e. The van der Waals surface area contributed by atoms with Crippen molar-refractivity contribution in [2.45, 2.75) is 76.0 Å².